The van der Waals surface area contributed by atoms with Crippen molar-refractivity contribution in [2.24, 2.45) is 5.92 Å². The van der Waals surface area contributed by atoms with E-state index in [1.165, 1.54) is 12.8 Å². The van der Waals surface area contributed by atoms with Gasteiger partial charge in [-0.15, -0.1) is 10.2 Å². The van der Waals surface area contributed by atoms with E-state index >= 15 is 0 Å². The molecule has 0 saturated carbocycles. The van der Waals surface area contributed by atoms with Gasteiger partial charge >= 0.3 is 0 Å². The molecule has 3 rings (SSSR count). The van der Waals surface area contributed by atoms with Crippen LogP contribution in [0.25, 0.3) is 5.69 Å². The number of rotatable bonds is 3. The van der Waals surface area contributed by atoms with E-state index in [0.29, 0.717) is 5.92 Å². The van der Waals surface area contributed by atoms with Crippen molar-refractivity contribution in [1.29, 1.82) is 0 Å². The Hall–Kier alpha value is -1.68. The highest BCUT2D eigenvalue weighted by Gasteiger charge is 2.37. The largest absolute Gasteiger partial charge is 0.316 e. The lowest BCUT2D eigenvalue weighted by molar-refractivity contribution is 0.239. The molecule has 0 spiro atoms. The number of aromatic nitrogens is 3. The molecule has 1 saturated heterocycles. The maximum atomic E-state index is 4.52. The molecule has 2 heterocycles. The number of nitrogens with one attached hydrogen (secondary N) is 1. The topological polar surface area (TPSA) is 42.7 Å². The monoisotopic (exact) mass is 284 g/mol. The molecule has 0 aliphatic carbocycles. The van der Waals surface area contributed by atoms with Gasteiger partial charge in [-0.25, -0.2) is 0 Å². The number of aryl methyl sites for hydroxylation is 1. The van der Waals surface area contributed by atoms with Crippen LogP contribution < -0.4 is 5.32 Å². The molecule has 1 aromatic heterocycles. The molecule has 1 N–H and O–H groups in total. The van der Waals surface area contributed by atoms with Gasteiger partial charge in [0.05, 0.1) is 0 Å². The smallest absolute Gasteiger partial charge is 0.143 e. The minimum atomic E-state index is 0.00449. The number of benzene rings is 1. The molecule has 112 valence electrons. The Labute approximate surface area is 126 Å². The average molecular weight is 284 g/mol. The van der Waals surface area contributed by atoms with Crippen LogP contribution in [-0.2, 0) is 5.41 Å². The third-order valence-corrected chi connectivity index (χ3v) is 4.73. The van der Waals surface area contributed by atoms with E-state index in [1.807, 2.05) is 13.0 Å². The summed E-state index contributed by atoms with van der Waals surface area (Å²) in [4.78, 5) is 0. The maximum absolute atomic E-state index is 4.52. The molecule has 4 heteroatoms. The highest BCUT2D eigenvalue weighted by Crippen LogP contribution is 2.35. The lowest BCUT2D eigenvalue weighted by Crippen LogP contribution is -2.42. The molecule has 4 nitrogen and oxygen atoms in total. The van der Waals surface area contributed by atoms with Crippen LogP contribution in [0.3, 0.4) is 0 Å². The van der Waals surface area contributed by atoms with Gasteiger partial charge in [-0.3, -0.25) is 4.57 Å². The van der Waals surface area contributed by atoms with E-state index in [-0.39, 0.29) is 5.41 Å². The molecule has 0 amide bonds. The van der Waals surface area contributed by atoms with Gasteiger partial charge in [-0.1, -0.05) is 32.0 Å². The number of para-hydroxylation sites is 1. The quantitative estimate of drug-likeness (QED) is 0.942. The van der Waals surface area contributed by atoms with Crippen LogP contribution in [0.4, 0.5) is 0 Å². The fraction of sp³-hybridized carbons (Fsp3) is 0.529. The second-order valence-electron chi connectivity index (χ2n) is 6.51. The molecule has 1 aliphatic heterocycles. The molecular weight excluding hydrogens is 260 g/mol. The zero-order valence-corrected chi connectivity index (χ0v) is 13.1. The first kappa shape index (κ1) is 14.3. The number of piperidine rings is 1. The summed E-state index contributed by atoms with van der Waals surface area (Å²) >= 11 is 0. The SMILES string of the molecule is Cc1nnc(C(C)(C)C2CCCNC2)n1-c1ccccc1. The summed E-state index contributed by atoms with van der Waals surface area (Å²) in [6.07, 6.45) is 2.49. The van der Waals surface area contributed by atoms with Gasteiger partial charge in [0.2, 0.25) is 0 Å². The van der Waals surface area contributed by atoms with Gasteiger partial charge in [-0.2, -0.15) is 0 Å². The molecule has 1 aromatic carbocycles. The third kappa shape index (κ3) is 2.60. The molecule has 1 atom stereocenters. The van der Waals surface area contributed by atoms with Gasteiger partial charge < -0.3 is 5.32 Å². The van der Waals surface area contributed by atoms with E-state index in [0.717, 1.165) is 30.4 Å². The van der Waals surface area contributed by atoms with Crippen molar-refractivity contribution in [3.63, 3.8) is 0 Å². The molecule has 1 aliphatic rings. The summed E-state index contributed by atoms with van der Waals surface area (Å²) < 4.78 is 2.20. The highest BCUT2D eigenvalue weighted by molar-refractivity contribution is 5.35. The Balaban J connectivity index is 2.02. The minimum absolute atomic E-state index is 0.00449. The first-order chi connectivity index (χ1) is 10.1. The van der Waals surface area contributed by atoms with Crippen LogP contribution in [0.1, 0.15) is 38.3 Å². The van der Waals surface area contributed by atoms with E-state index in [4.69, 9.17) is 0 Å². The Morgan fingerprint density at radius 3 is 2.62 bits per heavy atom. The lowest BCUT2D eigenvalue weighted by atomic mass is 9.74. The van der Waals surface area contributed by atoms with Crippen molar-refractivity contribution in [1.82, 2.24) is 20.1 Å². The highest BCUT2D eigenvalue weighted by atomic mass is 15.3. The van der Waals surface area contributed by atoms with Crippen molar-refractivity contribution in [3.05, 3.63) is 42.0 Å². The average Bonchev–Trinajstić information content (AvgIpc) is 2.91. The maximum Gasteiger partial charge on any atom is 0.143 e. The second kappa shape index (κ2) is 5.60. The fourth-order valence-corrected chi connectivity index (χ4v) is 3.32. The van der Waals surface area contributed by atoms with E-state index in [9.17, 15) is 0 Å². The summed E-state index contributed by atoms with van der Waals surface area (Å²) in [7, 11) is 0. The van der Waals surface area contributed by atoms with Gasteiger partial charge in [0.15, 0.2) is 0 Å². The van der Waals surface area contributed by atoms with E-state index < -0.39 is 0 Å². The van der Waals surface area contributed by atoms with Gasteiger partial charge in [0.25, 0.3) is 0 Å². The Bertz CT molecular complexity index is 595. The summed E-state index contributed by atoms with van der Waals surface area (Å²) in [6.45, 7) is 8.82. The summed E-state index contributed by atoms with van der Waals surface area (Å²) in [5.41, 5.74) is 1.15. The van der Waals surface area contributed by atoms with Crippen LogP contribution in [0.2, 0.25) is 0 Å². The summed E-state index contributed by atoms with van der Waals surface area (Å²) in [6, 6.07) is 10.4. The molecule has 21 heavy (non-hydrogen) atoms. The molecule has 0 bridgehead atoms. The number of nitrogens with zero attached hydrogens (tertiary/aromatic N) is 3. The molecule has 0 radical (unpaired) electrons. The third-order valence-electron chi connectivity index (χ3n) is 4.73. The van der Waals surface area contributed by atoms with Crippen molar-refractivity contribution in [2.75, 3.05) is 13.1 Å². The van der Waals surface area contributed by atoms with E-state index in [2.05, 4.69) is 58.2 Å². The first-order valence-electron chi connectivity index (χ1n) is 7.79. The van der Waals surface area contributed by atoms with E-state index in [1.54, 1.807) is 0 Å². The molecule has 2 aromatic rings. The second-order valence-corrected chi connectivity index (χ2v) is 6.51. The van der Waals surface area contributed by atoms with Crippen molar-refractivity contribution in [3.8, 4) is 5.69 Å². The number of hydrogen-bond donors (Lipinski definition) is 1. The molecule has 1 unspecified atom stereocenters. The first-order valence-corrected chi connectivity index (χ1v) is 7.79. The Morgan fingerprint density at radius 2 is 1.95 bits per heavy atom. The Morgan fingerprint density at radius 1 is 1.19 bits per heavy atom. The zero-order chi connectivity index (χ0) is 14.9. The number of hydrogen-bond acceptors (Lipinski definition) is 3. The van der Waals surface area contributed by atoms with Gasteiger partial charge in [-0.05, 0) is 50.9 Å². The predicted molar refractivity (Wildman–Crippen MR) is 84.7 cm³/mol. The van der Waals surface area contributed by atoms with Gasteiger partial charge in [0.1, 0.15) is 11.6 Å². The van der Waals surface area contributed by atoms with Gasteiger partial charge in [0, 0.05) is 11.1 Å². The summed E-state index contributed by atoms with van der Waals surface area (Å²) in [5.74, 6) is 2.62. The lowest BCUT2D eigenvalue weighted by Gasteiger charge is -2.36. The summed E-state index contributed by atoms with van der Waals surface area (Å²) in [5, 5.41) is 12.4. The van der Waals surface area contributed by atoms with Crippen LogP contribution in [0.15, 0.2) is 30.3 Å². The van der Waals surface area contributed by atoms with Crippen molar-refractivity contribution < 1.29 is 0 Å². The van der Waals surface area contributed by atoms with Crippen molar-refractivity contribution >= 4 is 0 Å². The van der Waals surface area contributed by atoms with Crippen LogP contribution in [-0.4, -0.2) is 27.9 Å². The molecule has 1 fully saturated rings. The minimum Gasteiger partial charge on any atom is -0.316 e. The van der Waals surface area contributed by atoms with Crippen LogP contribution in [0.5, 0.6) is 0 Å². The normalized spacial score (nSPS) is 19.7. The van der Waals surface area contributed by atoms with Crippen LogP contribution >= 0.6 is 0 Å². The standard InChI is InChI=1S/C17H24N4/c1-13-19-20-16(21(13)15-9-5-4-6-10-15)17(2,3)14-8-7-11-18-12-14/h4-6,9-10,14,18H,7-8,11-12H2,1-3H3. The Kier molecular flexibility index (Phi) is 3.81. The predicted octanol–water partition coefficient (Wildman–Crippen LogP) is 2.85. The van der Waals surface area contributed by atoms with Crippen molar-refractivity contribution in [2.45, 2.75) is 39.0 Å². The fourth-order valence-electron chi connectivity index (χ4n) is 3.32. The molecular formula is C17H24N4. The zero-order valence-electron chi connectivity index (χ0n) is 13.1. The van der Waals surface area contributed by atoms with Crippen LogP contribution in [0, 0.1) is 12.8 Å².